The fraction of sp³-hybridized carbons (Fsp3) is 0.143. The summed E-state index contributed by atoms with van der Waals surface area (Å²) in [4.78, 5) is 0. The Kier molecular flexibility index (Phi) is 1.94. The molecule has 0 radical (unpaired) electrons. The summed E-state index contributed by atoms with van der Waals surface area (Å²) in [5.41, 5.74) is 0.756. The van der Waals surface area contributed by atoms with Crippen LogP contribution in [0.5, 0.6) is 0 Å². The second-order valence-corrected chi connectivity index (χ2v) is 3.02. The summed E-state index contributed by atoms with van der Waals surface area (Å²) in [6.07, 6.45) is 0. The first-order chi connectivity index (χ1) is 5.83. The van der Waals surface area contributed by atoms with Gasteiger partial charge in [-0.25, -0.2) is 0 Å². The Morgan fingerprint density at radius 1 is 1.42 bits per heavy atom. The van der Waals surface area contributed by atoms with Gasteiger partial charge < -0.3 is 0 Å². The highest BCUT2D eigenvalue weighted by molar-refractivity contribution is 7.79. The molecule has 0 aromatic carbocycles. The monoisotopic (exact) mass is 199 g/mol. The average Bonchev–Trinajstić information content (AvgIpc) is 2.49. The Morgan fingerprint density at radius 3 is 3.00 bits per heavy atom. The fourth-order valence-corrected chi connectivity index (χ4v) is 1.52. The highest BCUT2D eigenvalue weighted by Crippen LogP contribution is 2.13. The van der Waals surface area contributed by atoms with E-state index in [2.05, 4.69) is 22.8 Å². The second-order valence-electron chi connectivity index (χ2n) is 2.32. The molecule has 62 valence electrons. The summed E-state index contributed by atoms with van der Waals surface area (Å²) < 4.78 is 1.77. The van der Waals surface area contributed by atoms with Crippen LogP contribution >= 0.6 is 24.2 Å². The van der Waals surface area contributed by atoms with Crippen molar-refractivity contribution in [3.05, 3.63) is 29.2 Å². The van der Waals surface area contributed by atoms with Crippen LogP contribution in [0.2, 0.25) is 5.15 Å². The second kappa shape index (κ2) is 2.95. The molecule has 5 heteroatoms. The van der Waals surface area contributed by atoms with Crippen LogP contribution in [-0.2, 0) is 5.75 Å². The molecule has 0 bridgehead atoms. The van der Waals surface area contributed by atoms with E-state index in [0.29, 0.717) is 10.9 Å². The van der Waals surface area contributed by atoms with E-state index < -0.39 is 0 Å². The molecular weight excluding hydrogens is 194 g/mol. The van der Waals surface area contributed by atoms with Gasteiger partial charge in [-0.05, 0) is 12.1 Å². The summed E-state index contributed by atoms with van der Waals surface area (Å²) >= 11 is 10.0. The highest BCUT2D eigenvalue weighted by atomic mass is 35.5. The first kappa shape index (κ1) is 7.89. The van der Waals surface area contributed by atoms with E-state index in [-0.39, 0.29) is 0 Å². The van der Waals surface area contributed by atoms with Gasteiger partial charge in [0.05, 0.1) is 5.75 Å². The number of nitrogens with zero attached hydrogens (tertiary/aromatic N) is 3. The van der Waals surface area contributed by atoms with Crippen LogP contribution in [0.1, 0.15) is 5.82 Å². The SMILES string of the molecule is SCc1nnc2cccc(Cl)n12. The molecular formula is C7H6ClN3S. The number of fused-ring (bicyclic) bond motifs is 1. The number of thiol groups is 1. The predicted octanol–water partition coefficient (Wildman–Crippen LogP) is 1.81. The average molecular weight is 200 g/mol. The van der Waals surface area contributed by atoms with Gasteiger partial charge in [-0.2, -0.15) is 12.6 Å². The van der Waals surface area contributed by atoms with Gasteiger partial charge in [0.15, 0.2) is 5.65 Å². The van der Waals surface area contributed by atoms with E-state index in [0.717, 1.165) is 11.5 Å². The normalized spacial score (nSPS) is 10.8. The molecule has 0 saturated carbocycles. The maximum atomic E-state index is 5.93. The number of pyridine rings is 1. The van der Waals surface area contributed by atoms with Gasteiger partial charge >= 0.3 is 0 Å². The Bertz CT molecular complexity index is 412. The molecule has 0 spiro atoms. The zero-order valence-electron chi connectivity index (χ0n) is 6.11. The zero-order valence-corrected chi connectivity index (χ0v) is 7.76. The molecule has 2 aromatic heterocycles. The standard InChI is InChI=1S/C7H6ClN3S/c8-5-2-1-3-6-9-10-7(4-12)11(5)6/h1-3,12H,4H2. The number of rotatable bonds is 1. The van der Waals surface area contributed by atoms with Crippen molar-refractivity contribution >= 4 is 29.9 Å². The third kappa shape index (κ3) is 1.07. The van der Waals surface area contributed by atoms with Crippen LogP contribution in [0.15, 0.2) is 18.2 Å². The van der Waals surface area contributed by atoms with Gasteiger partial charge in [0.25, 0.3) is 0 Å². The quantitative estimate of drug-likeness (QED) is 0.561. The molecule has 2 aromatic rings. The van der Waals surface area contributed by atoms with Crippen LogP contribution < -0.4 is 0 Å². The smallest absolute Gasteiger partial charge is 0.161 e. The summed E-state index contributed by atoms with van der Waals surface area (Å²) in [5, 5.41) is 8.47. The molecule has 0 aliphatic heterocycles. The molecule has 0 fully saturated rings. The van der Waals surface area contributed by atoms with Crippen molar-refractivity contribution in [2.24, 2.45) is 0 Å². The van der Waals surface area contributed by atoms with Crippen molar-refractivity contribution in [1.29, 1.82) is 0 Å². The molecule has 0 unspecified atom stereocenters. The van der Waals surface area contributed by atoms with Gasteiger partial charge in [-0.15, -0.1) is 10.2 Å². The topological polar surface area (TPSA) is 30.2 Å². The minimum Gasteiger partial charge on any atom is -0.268 e. The number of halogens is 1. The van der Waals surface area contributed by atoms with Gasteiger partial charge in [-0.3, -0.25) is 4.40 Å². The van der Waals surface area contributed by atoms with E-state index in [1.807, 2.05) is 12.1 Å². The Labute approximate surface area is 79.8 Å². The lowest BCUT2D eigenvalue weighted by molar-refractivity contribution is 0.993. The maximum absolute atomic E-state index is 5.93. The minimum atomic E-state index is 0.533. The summed E-state index contributed by atoms with van der Waals surface area (Å²) in [6, 6.07) is 5.49. The molecule has 12 heavy (non-hydrogen) atoms. The zero-order chi connectivity index (χ0) is 8.55. The van der Waals surface area contributed by atoms with Crippen molar-refractivity contribution in [1.82, 2.24) is 14.6 Å². The maximum Gasteiger partial charge on any atom is 0.161 e. The molecule has 2 rings (SSSR count). The third-order valence-corrected chi connectivity index (χ3v) is 2.17. The first-order valence-electron chi connectivity index (χ1n) is 3.42. The van der Waals surface area contributed by atoms with E-state index in [1.54, 1.807) is 10.5 Å². The van der Waals surface area contributed by atoms with Crippen LogP contribution in [-0.4, -0.2) is 14.6 Å². The lowest BCUT2D eigenvalue weighted by Crippen LogP contribution is -1.91. The molecule has 0 aliphatic carbocycles. The Hall–Kier alpha value is -0.740. The van der Waals surface area contributed by atoms with Crippen molar-refractivity contribution < 1.29 is 0 Å². The van der Waals surface area contributed by atoms with Crippen LogP contribution in [0.3, 0.4) is 0 Å². The van der Waals surface area contributed by atoms with Crippen LogP contribution in [0.4, 0.5) is 0 Å². The van der Waals surface area contributed by atoms with Crippen LogP contribution in [0, 0.1) is 0 Å². The largest absolute Gasteiger partial charge is 0.268 e. The predicted molar refractivity (Wildman–Crippen MR) is 50.7 cm³/mol. The number of aromatic nitrogens is 3. The van der Waals surface area contributed by atoms with Gasteiger partial charge in [-0.1, -0.05) is 17.7 Å². The molecule has 0 atom stereocenters. The number of hydrogen-bond donors (Lipinski definition) is 1. The van der Waals surface area contributed by atoms with Gasteiger partial charge in [0.1, 0.15) is 11.0 Å². The van der Waals surface area contributed by atoms with Crippen molar-refractivity contribution in [2.75, 3.05) is 0 Å². The molecule has 3 nitrogen and oxygen atoms in total. The number of hydrogen-bond acceptors (Lipinski definition) is 3. The minimum absolute atomic E-state index is 0.533. The molecule has 2 heterocycles. The molecule has 0 amide bonds. The Balaban J connectivity index is 2.83. The van der Waals surface area contributed by atoms with Gasteiger partial charge in [0.2, 0.25) is 0 Å². The van der Waals surface area contributed by atoms with Crippen molar-refractivity contribution in [3.63, 3.8) is 0 Å². The van der Waals surface area contributed by atoms with E-state index in [9.17, 15) is 0 Å². The summed E-state index contributed by atoms with van der Waals surface area (Å²) in [7, 11) is 0. The summed E-state index contributed by atoms with van der Waals surface area (Å²) in [5.74, 6) is 1.30. The lowest BCUT2D eigenvalue weighted by atomic mass is 10.5. The van der Waals surface area contributed by atoms with E-state index in [1.165, 1.54) is 0 Å². The summed E-state index contributed by atoms with van der Waals surface area (Å²) in [6.45, 7) is 0. The first-order valence-corrected chi connectivity index (χ1v) is 4.43. The lowest BCUT2D eigenvalue weighted by Gasteiger charge is -1.97. The third-order valence-electron chi connectivity index (χ3n) is 1.59. The van der Waals surface area contributed by atoms with Crippen molar-refractivity contribution in [3.8, 4) is 0 Å². The van der Waals surface area contributed by atoms with Crippen LogP contribution in [0.25, 0.3) is 5.65 Å². The fourth-order valence-electron chi connectivity index (χ4n) is 1.06. The molecule has 0 saturated heterocycles. The van der Waals surface area contributed by atoms with Gasteiger partial charge in [0, 0.05) is 0 Å². The Morgan fingerprint density at radius 2 is 2.25 bits per heavy atom. The van der Waals surface area contributed by atoms with E-state index in [4.69, 9.17) is 11.6 Å². The van der Waals surface area contributed by atoms with E-state index >= 15 is 0 Å². The molecule has 0 aliphatic rings. The molecule has 0 N–H and O–H groups in total. The van der Waals surface area contributed by atoms with Crippen molar-refractivity contribution in [2.45, 2.75) is 5.75 Å². The highest BCUT2D eigenvalue weighted by Gasteiger charge is 2.04.